The zero-order valence-corrected chi connectivity index (χ0v) is 9.95. The van der Waals surface area contributed by atoms with Crippen molar-refractivity contribution < 1.29 is 0 Å². The van der Waals surface area contributed by atoms with E-state index in [1.165, 1.54) is 6.42 Å². The van der Waals surface area contributed by atoms with Gasteiger partial charge < -0.3 is 5.32 Å². The smallest absolute Gasteiger partial charge is 0.138 e. The summed E-state index contributed by atoms with van der Waals surface area (Å²) in [6, 6.07) is 6.08. The molecule has 3 nitrogen and oxygen atoms in total. The molecule has 0 aliphatic carbocycles. The molecule has 0 unspecified atom stereocenters. The van der Waals surface area contributed by atoms with Crippen LogP contribution in [0.25, 0.3) is 5.65 Å². The van der Waals surface area contributed by atoms with Gasteiger partial charge in [0.05, 0.1) is 0 Å². The van der Waals surface area contributed by atoms with Crippen molar-refractivity contribution in [3.05, 3.63) is 30.6 Å². The Morgan fingerprint density at radius 3 is 3.06 bits per heavy atom. The van der Waals surface area contributed by atoms with Crippen LogP contribution in [0.2, 0.25) is 0 Å². The van der Waals surface area contributed by atoms with Gasteiger partial charge in [-0.2, -0.15) is 0 Å². The molecule has 0 aliphatic rings. The third-order valence-corrected chi connectivity index (χ3v) is 2.81. The van der Waals surface area contributed by atoms with Crippen molar-refractivity contribution in [1.29, 1.82) is 0 Å². The molecule has 0 aromatic carbocycles. The molecule has 86 valence electrons. The van der Waals surface area contributed by atoms with E-state index in [9.17, 15) is 0 Å². The maximum absolute atomic E-state index is 5.63. The van der Waals surface area contributed by atoms with Gasteiger partial charge in [0, 0.05) is 24.8 Å². The molecular formula is C12H16ClN3. The average Bonchev–Trinajstić information content (AvgIpc) is 2.77. The minimum atomic E-state index is 0.761. The second-order valence-corrected chi connectivity index (χ2v) is 4.12. The molecule has 0 amide bonds. The predicted molar refractivity (Wildman–Crippen MR) is 68.3 cm³/mol. The quantitative estimate of drug-likeness (QED) is 0.618. The van der Waals surface area contributed by atoms with Crippen LogP contribution in [0.1, 0.15) is 19.3 Å². The lowest BCUT2D eigenvalue weighted by Crippen LogP contribution is -2.05. The summed E-state index contributed by atoms with van der Waals surface area (Å²) >= 11 is 5.63. The molecule has 0 fully saturated rings. The largest absolute Gasteiger partial charge is 0.371 e. The number of fused-ring (bicyclic) bond motifs is 1. The summed E-state index contributed by atoms with van der Waals surface area (Å²) in [5, 5.41) is 3.41. The van der Waals surface area contributed by atoms with Crippen LogP contribution in [0.3, 0.4) is 0 Å². The van der Waals surface area contributed by atoms with E-state index in [0.29, 0.717) is 0 Å². The summed E-state index contributed by atoms with van der Waals surface area (Å²) in [6.45, 7) is 0.980. The Labute approximate surface area is 100 Å². The third-order valence-electron chi connectivity index (χ3n) is 2.54. The van der Waals surface area contributed by atoms with Gasteiger partial charge in [0.2, 0.25) is 0 Å². The number of unbranched alkanes of at least 4 members (excludes halogenated alkanes) is 2. The number of hydrogen-bond acceptors (Lipinski definition) is 2. The minimum absolute atomic E-state index is 0.761. The zero-order chi connectivity index (χ0) is 11.2. The molecule has 1 N–H and O–H groups in total. The minimum Gasteiger partial charge on any atom is -0.371 e. The Morgan fingerprint density at radius 1 is 1.25 bits per heavy atom. The molecule has 2 aromatic heterocycles. The van der Waals surface area contributed by atoms with Crippen LogP contribution < -0.4 is 5.32 Å². The fourth-order valence-electron chi connectivity index (χ4n) is 1.70. The molecule has 0 spiro atoms. The summed E-state index contributed by atoms with van der Waals surface area (Å²) < 4.78 is 2.06. The summed E-state index contributed by atoms with van der Waals surface area (Å²) in [7, 11) is 0. The monoisotopic (exact) mass is 237 g/mol. The van der Waals surface area contributed by atoms with E-state index >= 15 is 0 Å². The van der Waals surface area contributed by atoms with Gasteiger partial charge in [0.15, 0.2) is 0 Å². The predicted octanol–water partition coefficient (Wildman–Crippen LogP) is 3.16. The van der Waals surface area contributed by atoms with Crippen LogP contribution in [0.15, 0.2) is 30.6 Å². The van der Waals surface area contributed by atoms with E-state index < -0.39 is 0 Å². The number of imidazole rings is 1. The fourth-order valence-corrected chi connectivity index (χ4v) is 1.89. The first-order valence-corrected chi connectivity index (χ1v) is 6.17. The van der Waals surface area contributed by atoms with Gasteiger partial charge in [-0.05, 0) is 25.0 Å². The maximum Gasteiger partial charge on any atom is 0.138 e. The Balaban J connectivity index is 1.91. The Bertz CT molecular complexity index is 439. The van der Waals surface area contributed by atoms with Crippen LogP contribution >= 0.6 is 11.6 Å². The molecule has 0 saturated heterocycles. The van der Waals surface area contributed by atoms with Crippen molar-refractivity contribution in [3.63, 3.8) is 0 Å². The van der Waals surface area contributed by atoms with Crippen molar-refractivity contribution >= 4 is 23.1 Å². The lowest BCUT2D eigenvalue weighted by Gasteiger charge is -2.08. The number of nitrogens with zero attached hydrogens (tertiary/aromatic N) is 2. The first-order chi connectivity index (χ1) is 7.92. The lowest BCUT2D eigenvalue weighted by molar-refractivity contribution is 0.745. The highest BCUT2D eigenvalue weighted by Crippen LogP contribution is 2.11. The number of aromatic nitrogens is 2. The molecule has 0 bridgehead atoms. The van der Waals surface area contributed by atoms with Crippen LogP contribution in [0, 0.1) is 0 Å². The molecular weight excluding hydrogens is 222 g/mol. The van der Waals surface area contributed by atoms with Crippen molar-refractivity contribution in [2.45, 2.75) is 19.3 Å². The molecule has 0 saturated carbocycles. The molecule has 0 aliphatic heterocycles. The van der Waals surface area contributed by atoms with E-state index in [1.807, 2.05) is 24.5 Å². The molecule has 0 atom stereocenters. The van der Waals surface area contributed by atoms with Crippen molar-refractivity contribution in [2.24, 2.45) is 0 Å². The molecule has 4 heteroatoms. The van der Waals surface area contributed by atoms with Crippen LogP contribution in [0.5, 0.6) is 0 Å². The fraction of sp³-hybridized carbons (Fsp3) is 0.417. The summed E-state index contributed by atoms with van der Waals surface area (Å²) in [5.41, 5.74) is 0.978. The van der Waals surface area contributed by atoms with E-state index in [2.05, 4.69) is 20.8 Å². The molecule has 2 heterocycles. The van der Waals surface area contributed by atoms with E-state index in [0.717, 1.165) is 36.7 Å². The van der Waals surface area contributed by atoms with Crippen molar-refractivity contribution in [2.75, 3.05) is 17.7 Å². The average molecular weight is 238 g/mol. The number of nitrogens with one attached hydrogen (secondary N) is 1. The first-order valence-electron chi connectivity index (χ1n) is 5.64. The number of halogens is 1. The second kappa shape index (κ2) is 5.75. The van der Waals surface area contributed by atoms with Gasteiger partial charge in [-0.1, -0.05) is 12.5 Å². The van der Waals surface area contributed by atoms with Crippen LogP contribution in [-0.4, -0.2) is 21.8 Å². The van der Waals surface area contributed by atoms with Gasteiger partial charge in [-0.15, -0.1) is 11.6 Å². The maximum atomic E-state index is 5.63. The SMILES string of the molecule is ClCCCCCNc1cccc2nccn12. The van der Waals surface area contributed by atoms with Crippen molar-refractivity contribution in [3.8, 4) is 0 Å². The molecule has 2 rings (SSSR count). The van der Waals surface area contributed by atoms with E-state index in [-0.39, 0.29) is 0 Å². The number of rotatable bonds is 6. The van der Waals surface area contributed by atoms with E-state index in [1.54, 1.807) is 0 Å². The molecule has 2 aromatic rings. The third kappa shape index (κ3) is 2.67. The molecule has 0 radical (unpaired) electrons. The highest BCUT2D eigenvalue weighted by Gasteiger charge is 1.98. The van der Waals surface area contributed by atoms with Crippen LogP contribution in [-0.2, 0) is 0 Å². The number of alkyl halides is 1. The number of anilines is 1. The summed E-state index contributed by atoms with van der Waals surface area (Å²) in [4.78, 5) is 4.24. The normalized spacial score (nSPS) is 10.8. The van der Waals surface area contributed by atoms with Gasteiger partial charge in [0.25, 0.3) is 0 Å². The highest BCUT2D eigenvalue weighted by atomic mass is 35.5. The van der Waals surface area contributed by atoms with Gasteiger partial charge in [-0.25, -0.2) is 4.98 Å². The van der Waals surface area contributed by atoms with E-state index in [4.69, 9.17) is 11.6 Å². The summed E-state index contributed by atoms with van der Waals surface area (Å²) in [5.74, 6) is 1.86. The highest BCUT2D eigenvalue weighted by molar-refractivity contribution is 6.17. The number of hydrogen-bond donors (Lipinski definition) is 1. The standard InChI is InChI=1S/C12H16ClN3/c13-7-2-1-3-8-14-11-5-4-6-12-15-9-10-16(11)12/h4-6,9-10,14H,1-3,7-8H2. The summed E-state index contributed by atoms with van der Waals surface area (Å²) in [6.07, 6.45) is 7.21. The lowest BCUT2D eigenvalue weighted by atomic mass is 10.2. The second-order valence-electron chi connectivity index (χ2n) is 3.74. The Hall–Kier alpha value is -1.22. The topological polar surface area (TPSA) is 29.3 Å². The Kier molecular flexibility index (Phi) is 4.05. The van der Waals surface area contributed by atoms with Crippen molar-refractivity contribution in [1.82, 2.24) is 9.38 Å². The van der Waals surface area contributed by atoms with Gasteiger partial charge in [0.1, 0.15) is 11.5 Å². The Morgan fingerprint density at radius 2 is 2.19 bits per heavy atom. The van der Waals surface area contributed by atoms with Crippen LogP contribution in [0.4, 0.5) is 5.82 Å². The first kappa shape index (κ1) is 11.3. The van der Waals surface area contributed by atoms with Gasteiger partial charge >= 0.3 is 0 Å². The molecule has 16 heavy (non-hydrogen) atoms. The number of pyridine rings is 1. The zero-order valence-electron chi connectivity index (χ0n) is 9.19. The van der Waals surface area contributed by atoms with Gasteiger partial charge in [-0.3, -0.25) is 4.40 Å².